The molecule has 0 rings (SSSR count). The van der Waals surface area contributed by atoms with E-state index in [1.807, 2.05) is 7.05 Å². The lowest BCUT2D eigenvalue weighted by Gasteiger charge is -2.18. The summed E-state index contributed by atoms with van der Waals surface area (Å²) in [5.74, 6) is 0.809. The molecule has 0 saturated heterocycles. The highest BCUT2D eigenvalue weighted by Crippen LogP contribution is 2.07. The Labute approximate surface area is 69.4 Å². The third-order valence-corrected chi connectivity index (χ3v) is 2.24. The van der Waals surface area contributed by atoms with Crippen molar-refractivity contribution < 1.29 is 0 Å². The van der Waals surface area contributed by atoms with Gasteiger partial charge in [-0.1, -0.05) is 38.9 Å². The van der Waals surface area contributed by atoms with E-state index in [1.54, 1.807) is 5.49 Å². The summed E-state index contributed by atoms with van der Waals surface area (Å²) in [6, 6.07) is 0. The molecule has 0 saturated carbocycles. The van der Waals surface area contributed by atoms with Crippen LogP contribution in [0.15, 0.2) is 0 Å². The molecular formula is C8H17NS. The molecule has 0 aromatic carbocycles. The predicted octanol–water partition coefficient (Wildman–Crippen LogP) is 2.31. The van der Waals surface area contributed by atoms with Crippen LogP contribution in [0.1, 0.15) is 26.7 Å². The van der Waals surface area contributed by atoms with E-state index in [9.17, 15) is 0 Å². The lowest BCUT2D eigenvalue weighted by atomic mass is 10.0. The number of hydrogen-bond donors (Lipinski definition) is 0. The maximum absolute atomic E-state index is 4.79. The molecule has 0 heterocycles. The molecule has 10 heavy (non-hydrogen) atoms. The normalized spacial score (nSPS) is 10.0. The Bertz CT molecular complexity index is 89.3. The van der Waals surface area contributed by atoms with E-state index in [4.69, 9.17) is 12.2 Å². The largest absolute Gasteiger partial charge is 0.371 e. The molecule has 0 bridgehead atoms. The third kappa shape index (κ3) is 3.83. The van der Waals surface area contributed by atoms with Gasteiger partial charge in [0.25, 0.3) is 0 Å². The van der Waals surface area contributed by atoms with Gasteiger partial charge in [0.2, 0.25) is 0 Å². The van der Waals surface area contributed by atoms with Gasteiger partial charge in [0.1, 0.15) is 0 Å². The van der Waals surface area contributed by atoms with Crippen molar-refractivity contribution in [1.29, 1.82) is 0 Å². The first-order valence-corrected chi connectivity index (χ1v) is 4.37. The zero-order chi connectivity index (χ0) is 7.98. The van der Waals surface area contributed by atoms with Gasteiger partial charge in [0.15, 0.2) is 0 Å². The van der Waals surface area contributed by atoms with Crippen molar-refractivity contribution in [1.82, 2.24) is 4.90 Å². The van der Waals surface area contributed by atoms with Gasteiger partial charge < -0.3 is 4.90 Å². The summed E-state index contributed by atoms with van der Waals surface area (Å²) in [4.78, 5) is 2.08. The molecule has 0 aromatic heterocycles. The Kier molecular flexibility index (Phi) is 5.60. The van der Waals surface area contributed by atoms with Crippen LogP contribution in [-0.4, -0.2) is 24.0 Å². The van der Waals surface area contributed by atoms with Crippen LogP contribution < -0.4 is 0 Å². The van der Waals surface area contributed by atoms with Gasteiger partial charge in [-0.25, -0.2) is 0 Å². The minimum absolute atomic E-state index is 0.809. The second-order valence-corrected chi connectivity index (χ2v) is 2.94. The van der Waals surface area contributed by atoms with Crippen LogP contribution in [0.25, 0.3) is 0 Å². The van der Waals surface area contributed by atoms with Crippen LogP contribution in [0, 0.1) is 5.92 Å². The van der Waals surface area contributed by atoms with Crippen LogP contribution >= 0.6 is 12.2 Å². The van der Waals surface area contributed by atoms with Gasteiger partial charge in [0.05, 0.1) is 5.49 Å². The highest BCUT2D eigenvalue weighted by atomic mass is 32.1. The maximum Gasteiger partial charge on any atom is 0.0638 e. The zero-order valence-electron chi connectivity index (χ0n) is 7.13. The molecule has 0 aliphatic heterocycles. The van der Waals surface area contributed by atoms with Gasteiger partial charge in [0, 0.05) is 13.6 Å². The smallest absolute Gasteiger partial charge is 0.0638 e. The van der Waals surface area contributed by atoms with Crippen LogP contribution in [0.5, 0.6) is 0 Å². The highest BCUT2D eigenvalue weighted by Gasteiger charge is 2.03. The van der Waals surface area contributed by atoms with Gasteiger partial charge >= 0.3 is 0 Å². The molecule has 0 atom stereocenters. The van der Waals surface area contributed by atoms with E-state index in [2.05, 4.69) is 18.7 Å². The Morgan fingerprint density at radius 3 is 2.20 bits per heavy atom. The summed E-state index contributed by atoms with van der Waals surface area (Å²) in [6.07, 6.45) is 2.51. The first-order valence-electron chi connectivity index (χ1n) is 3.90. The molecule has 0 aliphatic carbocycles. The maximum atomic E-state index is 4.79. The van der Waals surface area contributed by atoms with Crippen molar-refractivity contribution in [3.63, 3.8) is 0 Å². The van der Waals surface area contributed by atoms with Crippen LogP contribution in [-0.2, 0) is 0 Å². The lowest BCUT2D eigenvalue weighted by molar-refractivity contribution is 0.374. The summed E-state index contributed by atoms with van der Waals surface area (Å²) >= 11 is 4.79. The third-order valence-electron chi connectivity index (χ3n) is 1.88. The molecular weight excluding hydrogens is 142 g/mol. The Morgan fingerprint density at radius 2 is 1.90 bits per heavy atom. The molecule has 0 spiro atoms. The van der Waals surface area contributed by atoms with E-state index in [0.717, 1.165) is 12.5 Å². The van der Waals surface area contributed by atoms with Gasteiger partial charge in [-0.2, -0.15) is 0 Å². The molecule has 0 aliphatic rings. The lowest BCUT2D eigenvalue weighted by Crippen LogP contribution is -2.22. The summed E-state index contributed by atoms with van der Waals surface area (Å²) in [5.41, 5.74) is 1.72. The molecule has 0 N–H and O–H groups in total. The molecule has 0 radical (unpaired) electrons. The monoisotopic (exact) mass is 159 g/mol. The van der Waals surface area contributed by atoms with Crippen LogP contribution in [0.2, 0.25) is 0 Å². The van der Waals surface area contributed by atoms with E-state index in [0.29, 0.717) is 0 Å². The van der Waals surface area contributed by atoms with Crippen LogP contribution in [0.4, 0.5) is 0 Å². The fraction of sp³-hybridized carbons (Fsp3) is 0.875. The Morgan fingerprint density at radius 1 is 1.40 bits per heavy atom. The fourth-order valence-electron chi connectivity index (χ4n) is 0.997. The standard InChI is InChI=1S/C8H17NS/c1-4-8(5-2)6-9(3)7-10/h7-8H,4-6H2,1-3H3. The van der Waals surface area contributed by atoms with Crippen molar-refractivity contribution in [2.24, 2.45) is 5.92 Å². The molecule has 0 aromatic rings. The quantitative estimate of drug-likeness (QED) is 0.566. The summed E-state index contributed by atoms with van der Waals surface area (Å²) in [5, 5.41) is 0. The van der Waals surface area contributed by atoms with E-state index < -0.39 is 0 Å². The molecule has 2 heteroatoms. The number of thiocarbonyl (C=S) groups is 1. The fourth-order valence-corrected chi connectivity index (χ4v) is 1.08. The van der Waals surface area contributed by atoms with Crippen molar-refractivity contribution >= 4 is 17.7 Å². The minimum Gasteiger partial charge on any atom is -0.371 e. The predicted molar refractivity (Wildman–Crippen MR) is 50.4 cm³/mol. The molecule has 60 valence electrons. The van der Waals surface area contributed by atoms with E-state index in [1.165, 1.54) is 12.8 Å². The SMILES string of the molecule is CCC(CC)CN(C)C=S. The second-order valence-electron chi connectivity index (χ2n) is 2.73. The van der Waals surface area contributed by atoms with Gasteiger partial charge in [-0.15, -0.1) is 0 Å². The second kappa shape index (κ2) is 5.66. The van der Waals surface area contributed by atoms with Crippen molar-refractivity contribution in [3.05, 3.63) is 0 Å². The Hall–Kier alpha value is -0.110. The van der Waals surface area contributed by atoms with Crippen LogP contribution in [0.3, 0.4) is 0 Å². The highest BCUT2D eigenvalue weighted by molar-refractivity contribution is 7.78. The topological polar surface area (TPSA) is 3.24 Å². The molecule has 0 unspecified atom stereocenters. The molecule has 0 fully saturated rings. The summed E-state index contributed by atoms with van der Waals surface area (Å²) < 4.78 is 0. The average Bonchev–Trinajstić information content (AvgIpc) is 1.99. The first-order chi connectivity index (χ1) is 4.74. The van der Waals surface area contributed by atoms with Crippen molar-refractivity contribution in [2.75, 3.05) is 13.6 Å². The zero-order valence-corrected chi connectivity index (χ0v) is 7.95. The number of nitrogens with zero attached hydrogens (tertiary/aromatic N) is 1. The summed E-state index contributed by atoms with van der Waals surface area (Å²) in [7, 11) is 2.03. The van der Waals surface area contributed by atoms with E-state index >= 15 is 0 Å². The Balaban J connectivity index is 3.51. The van der Waals surface area contributed by atoms with E-state index in [-0.39, 0.29) is 0 Å². The van der Waals surface area contributed by atoms with Gasteiger partial charge in [-0.05, 0) is 5.92 Å². The molecule has 1 nitrogen and oxygen atoms in total. The first kappa shape index (κ1) is 9.89. The average molecular weight is 159 g/mol. The summed E-state index contributed by atoms with van der Waals surface area (Å²) in [6.45, 7) is 5.56. The van der Waals surface area contributed by atoms with Crippen molar-refractivity contribution in [2.45, 2.75) is 26.7 Å². The van der Waals surface area contributed by atoms with Gasteiger partial charge in [-0.3, -0.25) is 0 Å². The van der Waals surface area contributed by atoms with Crippen molar-refractivity contribution in [3.8, 4) is 0 Å². The number of hydrogen-bond acceptors (Lipinski definition) is 1. The molecule has 0 amide bonds. The number of rotatable bonds is 5. The minimum atomic E-state index is 0.809.